The van der Waals surface area contributed by atoms with E-state index in [9.17, 15) is 24.5 Å². The topological polar surface area (TPSA) is 127 Å². The summed E-state index contributed by atoms with van der Waals surface area (Å²) in [5.41, 5.74) is 3.46. The lowest BCUT2D eigenvalue weighted by Gasteiger charge is -2.28. The molecule has 5 rings (SSSR count). The molecule has 13 heteroatoms. The van der Waals surface area contributed by atoms with Crippen molar-refractivity contribution in [3.05, 3.63) is 56.2 Å². The van der Waals surface area contributed by atoms with Gasteiger partial charge in [-0.25, -0.2) is 0 Å². The summed E-state index contributed by atoms with van der Waals surface area (Å²) in [7, 11) is 0. The predicted octanol–water partition coefficient (Wildman–Crippen LogP) is 2.73. The highest BCUT2D eigenvalue weighted by molar-refractivity contribution is 8.18. The van der Waals surface area contributed by atoms with Crippen molar-refractivity contribution in [3.8, 4) is 5.69 Å². The van der Waals surface area contributed by atoms with Gasteiger partial charge in [0.05, 0.1) is 41.9 Å². The first kappa shape index (κ1) is 26.9. The van der Waals surface area contributed by atoms with E-state index in [4.69, 9.17) is 9.47 Å². The van der Waals surface area contributed by atoms with Gasteiger partial charge in [-0.05, 0) is 55.4 Å². The van der Waals surface area contributed by atoms with Crippen LogP contribution in [-0.4, -0.2) is 95.5 Å². The second-order valence-electron chi connectivity index (χ2n) is 9.45. The van der Waals surface area contributed by atoms with Crippen molar-refractivity contribution in [2.45, 2.75) is 13.8 Å². The number of nitro benzene ring substituents is 1. The number of hydrogen-bond acceptors (Lipinski definition) is 9. The maximum Gasteiger partial charge on any atom is 0.294 e. The van der Waals surface area contributed by atoms with Crippen molar-refractivity contribution >= 4 is 46.3 Å². The molecule has 0 radical (unpaired) electrons. The Morgan fingerprint density at radius 3 is 2.38 bits per heavy atom. The van der Waals surface area contributed by atoms with E-state index in [0.29, 0.717) is 69.5 Å². The third kappa shape index (κ3) is 5.42. The zero-order chi connectivity index (χ0) is 27.7. The van der Waals surface area contributed by atoms with Gasteiger partial charge in [-0.15, -0.1) is 0 Å². The van der Waals surface area contributed by atoms with Crippen LogP contribution in [0.2, 0.25) is 0 Å². The Labute approximate surface area is 229 Å². The molecule has 0 saturated carbocycles. The Bertz CT molecular complexity index is 1360. The van der Waals surface area contributed by atoms with Crippen molar-refractivity contribution in [3.63, 3.8) is 0 Å². The molecule has 3 aliphatic heterocycles. The summed E-state index contributed by atoms with van der Waals surface area (Å²) in [5.74, 6) is -0.802. The highest BCUT2D eigenvalue weighted by Crippen LogP contribution is 2.35. The van der Waals surface area contributed by atoms with Gasteiger partial charge in [-0.1, -0.05) is 0 Å². The van der Waals surface area contributed by atoms with Gasteiger partial charge >= 0.3 is 0 Å². The van der Waals surface area contributed by atoms with Crippen LogP contribution >= 0.6 is 11.8 Å². The lowest BCUT2D eigenvalue weighted by molar-refractivity contribution is -0.384. The number of rotatable bonds is 6. The SMILES string of the molecule is Cc1cc(/C=C2\SC(=O)N(CC(=O)N3CCOCC3)C2=O)c(C)n1-c1ccc(N2CCOCC2)c([N+](=O)[O-])c1. The van der Waals surface area contributed by atoms with Crippen molar-refractivity contribution < 1.29 is 28.8 Å². The summed E-state index contributed by atoms with van der Waals surface area (Å²) < 4.78 is 12.5. The molecule has 0 N–H and O–H groups in total. The molecule has 0 bridgehead atoms. The second-order valence-corrected chi connectivity index (χ2v) is 10.4. The average molecular weight is 556 g/mol. The van der Waals surface area contributed by atoms with Gasteiger partial charge in [0.25, 0.3) is 16.8 Å². The number of hydrogen-bond donors (Lipinski definition) is 0. The van der Waals surface area contributed by atoms with Crippen molar-refractivity contribution in [1.29, 1.82) is 0 Å². The smallest absolute Gasteiger partial charge is 0.294 e. The molecule has 3 amide bonds. The number of carbonyl (C=O) groups excluding carboxylic acids is 3. The molecule has 0 aliphatic carbocycles. The molecule has 0 atom stereocenters. The minimum Gasteiger partial charge on any atom is -0.378 e. The van der Waals surface area contributed by atoms with E-state index in [0.717, 1.165) is 28.0 Å². The molecule has 39 heavy (non-hydrogen) atoms. The van der Waals surface area contributed by atoms with Crippen LogP contribution in [0.15, 0.2) is 29.2 Å². The maximum atomic E-state index is 13.0. The van der Waals surface area contributed by atoms with Crippen LogP contribution in [0.25, 0.3) is 11.8 Å². The number of aromatic nitrogens is 1. The third-order valence-corrected chi connectivity index (χ3v) is 7.96. The molecule has 206 valence electrons. The molecule has 0 unspecified atom stereocenters. The highest BCUT2D eigenvalue weighted by atomic mass is 32.2. The number of anilines is 1. The lowest BCUT2D eigenvalue weighted by Crippen LogP contribution is -2.46. The summed E-state index contributed by atoms with van der Waals surface area (Å²) in [6.45, 7) is 7.36. The summed E-state index contributed by atoms with van der Waals surface area (Å²) in [6.07, 6.45) is 1.64. The van der Waals surface area contributed by atoms with E-state index in [-0.39, 0.29) is 28.0 Å². The van der Waals surface area contributed by atoms with Gasteiger partial charge in [0.1, 0.15) is 12.2 Å². The number of nitro groups is 1. The normalized spacial score (nSPS) is 19.3. The summed E-state index contributed by atoms with van der Waals surface area (Å²) in [6, 6.07) is 7.02. The first-order valence-electron chi connectivity index (χ1n) is 12.7. The van der Waals surface area contributed by atoms with Crippen molar-refractivity contribution in [2.75, 3.05) is 64.1 Å². The molecular formula is C26H29N5O7S. The fourth-order valence-corrected chi connectivity index (χ4v) is 5.85. The first-order chi connectivity index (χ1) is 18.7. The number of amides is 3. The standard InChI is InChI=1S/C26H29N5O7S/c1-17-13-19(14-23-25(33)29(26(34)39-23)16-24(32)28-7-11-38-12-8-28)18(2)30(17)20-3-4-21(22(15-20)31(35)36)27-5-9-37-10-6-27/h3-4,13-15H,5-12,16H2,1-2H3/b23-14-. The lowest BCUT2D eigenvalue weighted by atomic mass is 10.2. The van der Waals surface area contributed by atoms with Crippen molar-refractivity contribution in [2.24, 2.45) is 0 Å². The number of carbonyl (C=O) groups is 3. The molecule has 4 heterocycles. The fraction of sp³-hybridized carbons (Fsp3) is 0.423. The summed E-state index contributed by atoms with van der Waals surface area (Å²) >= 11 is 0.798. The van der Waals surface area contributed by atoms with Gasteiger partial charge in [0, 0.05) is 43.6 Å². The minimum absolute atomic E-state index is 0.00880. The quantitative estimate of drug-likeness (QED) is 0.300. The van der Waals surface area contributed by atoms with Crippen LogP contribution in [0.5, 0.6) is 0 Å². The number of imide groups is 1. The van der Waals surface area contributed by atoms with Crippen LogP contribution in [0.3, 0.4) is 0 Å². The Morgan fingerprint density at radius 1 is 1.05 bits per heavy atom. The molecule has 3 fully saturated rings. The van der Waals surface area contributed by atoms with E-state index >= 15 is 0 Å². The summed E-state index contributed by atoms with van der Waals surface area (Å²) in [4.78, 5) is 54.6. The Balaban J connectivity index is 1.39. The maximum absolute atomic E-state index is 13.0. The predicted molar refractivity (Wildman–Crippen MR) is 145 cm³/mol. The number of ether oxygens (including phenoxy) is 2. The zero-order valence-electron chi connectivity index (χ0n) is 21.8. The minimum atomic E-state index is -0.512. The molecule has 2 aromatic rings. The number of nitrogens with zero attached hydrogens (tertiary/aromatic N) is 5. The Kier molecular flexibility index (Phi) is 7.73. The van der Waals surface area contributed by atoms with Crippen LogP contribution in [0, 0.1) is 24.0 Å². The van der Waals surface area contributed by atoms with E-state index in [1.807, 2.05) is 35.4 Å². The van der Waals surface area contributed by atoms with E-state index < -0.39 is 11.1 Å². The number of thioether (sulfide) groups is 1. The molecule has 0 spiro atoms. The van der Waals surface area contributed by atoms with E-state index in [1.165, 1.54) is 0 Å². The fourth-order valence-electron chi connectivity index (χ4n) is 5.03. The zero-order valence-corrected chi connectivity index (χ0v) is 22.6. The highest BCUT2D eigenvalue weighted by Gasteiger charge is 2.37. The van der Waals surface area contributed by atoms with E-state index in [1.54, 1.807) is 23.1 Å². The number of benzene rings is 1. The number of aryl methyl sites for hydroxylation is 1. The van der Waals surface area contributed by atoms with Crippen molar-refractivity contribution in [1.82, 2.24) is 14.4 Å². The first-order valence-corrected chi connectivity index (χ1v) is 13.5. The van der Waals surface area contributed by atoms with Crippen LogP contribution < -0.4 is 4.90 Å². The molecule has 1 aromatic carbocycles. The summed E-state index contributed by atoms with van der Waals surface area (Å²) in [5, 5.41) is 11.5. The molecule has 3 saturated heterocycles. The molecular weight excluding hydrogens is 526 g/mol. The van der Waals surface area contributed by atoms with Gasteiger partial charge in [-0.3, -0.25) is 29.4 Å². The van der Waals surface area contributed by atoms with Crippen LogP contribution in [0.4, 0.5) is 16.2 Å². The monoisotopic (exact) mass is 555 g/mol. The second kappa shape index (κ2) is 11.2. The molecule has 12 nitrogen and oxygen atoms in total. The Morgan fingerprint density at radius 2 is 1.72 bits per heavy atom. The molecule has 1 aromatic heterocycles. The van der Waals surface area contributed by atoms with Gasteiger partial charge in [-0.2, -0.15) is 0 Å². The van der Waals surface area contributed by atoms with Gasteiger partial charge in [0.2, 0.25) is 5.91 Å². The van der Waals surface area contributed by atoms with E-state index in [2.05, 4.69) is 0 Å². The van der Waals surface area contributed by atoms with Crippen LogP contribution in [0.1, 0.15) is 17.0 Å². The largest absolute Gasteiger partial charge is 0.378 e. The van der Waals surface area contributed by atoms with Crippen LogP contribution in [-0.2, 0) is 19.1 Å². The average Bonchev–Trinajstić information content (AvgIpc) is 3.37. The van der Waals surface area contributed by atoms with Gasteiger partial charge in [0.15, 0.2) is 0 Å². The molecule has 3 aliphatic rings. The number of morpholine rings is 2. The Hall–Kier alpha value is -3.68. The third-order valence-electron chi connectivity index (χ3n) is 7.05. The van der Waals surface area contributed by atoms with Gasteiger partial charge < -0.3 is 23.8 Å².